The second kappa shape index (κ2) is 7.51. The van der Waals surface area contributed by atoms with Gasteiger partial charge in [0.05, 0.1) is 11.4 Å². The van der Waals surface area contributed by atoms with Crippen molar-refractivity contribution in [3.63, 3.8) is 0 Å². The summed E-state index contributed by atoms with van der Waals surface area (Å²) in [7, 11) is 0. The minimum absolute atomic E-state index is 0.151. The molecule has 0 saturated carbocycles. The summed E-state index contributed by atoms with van der Waals surface area (Å²) in [5.41, 5.74) is 1.27. The van der Waals surface area contributed by atoms with Gasteiger partial charge in [-0.15, -0.1) is 10.2 Å². The molecular formula is C17H17ClFN5OS. The van der Waals surface area contributed by atoms with E-state index in [4.69, 9.17) is 11.6 Å². The SMILES string of the molecule is Cc1nn(-c2ccc(F)cc2)c(Cl)c1C(=O)Nc1nnc(CC(C)C)s1. The zero-order valence-electron chi connectivity index (χ0n) is 14.5. The largest absolute Gasteiger partial charge is 0.296 e. The highest BCUT2D eigenvalue weighted by atomic mass is 35.5. The van der Waals surface area contributed by atoms with Gasteiger partial charge >= 0.3 is 0 Å². The minimum Gasteiger partial charge on any atom is -0.296 e. The molecule has 0 atom stereocenters. The van der Waals surface area contributed by atoms with Gasteiger partial charge in [0.2, 0.25) is 5.13 Å². The molecular weight excluding hydrogens is 377 g/mol. The van der Waals surface area contributed by atoms with Crippen molar-refractivity contribution in [1.29, 1.82) is 0 Å². The second-order valence-electron chi connectivity index (χ2n) is 6.19. The molecule has 2 heterocycles. The fourth-order valence-corrected chi connectivity index (χ4v) is 3.71. The number of carbonyl (C=O) groups excluding carboxylic acids is 1. The van der Waals surface area contributed by atoms with Gasteiger partial charge in [-0.25, -0.2) is 9.07 Å². The predicted molar refractivity (Wildman–Crippen MR) is 99.7 cm³/mol. The van der Waals surface area contributed by atoms with Crippen LogP contribution < -0.4 is 5.32 Å². The third-order valence-corrected chi connectivity index (χ3v) is 4.78. The summed E-state index contributed by atoms with van der Waals surface area (Å²) in [5.74, 6) is -0.314. The molecule has 0 aliphatic carbocycles. The summed E-state index contributed by atoms with van der Waals surface area (Å²) in [4.78, 5) is 12.6. The number of amides is 1. The molecule has 6 nitrogen and oxygen atoms in total. The van der Waals surface area contributed by atoms with E-state index < -0.39 is 5.91 Å². The van der Waals surface area contributed by atoms with Crippen LogP contribution in [-0.4, -0.2) is 25.9 Å². The van der Waals surface area contributed by atoms with Crippen molar-refractivity contribution < 1.29 is 9.18 Å². The Bertz CT molecular complexity index is 935. The van der Waals surface area contributed by atoms with Crippen LogP contribution >= 0.6 is 22.9 Å². The Kier molecular flexibility index (Phi) is 5.33. The van der Waals surface area contributed by atoms with E-state index in [9.17, 15) is 9.18 Å². The number of hydrogen-bond donors (Lipinski definition) is 1. The van der Waals surface area contributed by atoms with Crippen LogP contribution in [0.3, 0.4) is 0 Å². The van der Waals surface area contributed by atoms with Crippen molar-refractivity contribution in [3.05, 3.63) is 51.5 Å². The average molecular weight is 394 g/mol. The Hall–Kier alpha value is -2.32. The number of rotatable bonds is 5. The van der Waals surface area contributed by atoms with E-state index in [0.717, 1.165) is 11.4 Å². The maximum absolute atomic E-state index is 13.1. The zero-order valence-corrected chi connectivity index (χ0v) is 16.0. The first-order valence-electron chi connectivity index (χ1n) is 8.00. The van der Waals surface area contributed by atoms with Crippen molar-refractivity contribution in [2.24, 2.45) is 5.92 Å². The summed E-state index contributed by atoms with van der Waals surface area (Å²) < 4.78 is 14.5. The van der Waals surface area contributed by atoms with Crippen LogP contribution in [0.5, 0.6) is 0 Å². The van der Waals surface area contributed by atoms with Crippen molar-refractivity contribution in [2.75, 3.05) is 5.32 Å². The number of nitrogens with one attached hydrogen (secondary N) is 1. The second-order valence-corrected chi connectivity index (χ2v) is 7.61. The fourth-order valence-electron chi connectivity index (χ4n) is 2.41. The van der Waals surface area contributed by atoms with Crippen LogP contribution in [-0.2, 0) is 6.42 Å². The van der Waals surface area contributed by atoms with Gasteiger partial charge in [0.1, 0.15) is 21.5 Å². The lowest BCUT2D eigenvalue weighted by molar-refractivity contribution is 0.102. The van der Waals surface area contributed by atoms with E-state index in [1.165, 1.54) is 40.3 Å². The molecule has 9 heteroatoms. The summed E-state index contributed by atoms with van der Waals surface area (Å²) in [6, 6.07) is 5.69. The lowest BCUT2D eigenvalue weighted by Crippen LogP contribution is -2.13. The molecule has 1 N–H and O–H groups in total. The van der Waals surface area contributed by atoms with Gasteiger partial charge in [0.15, 0.2) is 0 Å². The Morgan fingerprint density at radius 1 is 1.31 bits per heavy atom. The van der Waals surface area contributed by atoms with Gasteiger partial charge in [-0.2, -0.15) is 5.10 Å². The van der Waals surface area contributed by atoms with Crippen molar-refractivity contribution >= 4 is 34.0 Å². The maximum atomic E-state index is 13.1. The number of hydrogen-bond acceptors (Lipinski definition) is 5. The topological polar surface area (TPSA) is 72.7 Å². The maximum Gasteiger partial charge on any atom is 0.262 e. The van der Waals surface area contributed by atoms with E-state index >= 15 is 0 Å². The normalized spacial score (nSPS) is 11.2. The van der Waals surface area contributed by atoms with E-state index in [1.54, 1.807) is 6.92 Å². The third kappa shape index (κ3) is 3.91. The molecule has 1 amide bonds. The molecule has 0 unspecified atom stereocenters. The van der Waals surface area contributed by atoms with E-state index in [-0.39, 0.29) is 16.5 Å². The number of anilines is 1. The molecule has 3 rings (SSSR count). The van der Waals surface area contributed by atoms with Crippen LogP contribution in [0.2, 0.25) is 5.15 Å². The van der Waals surface area contributed by atoms with Crippen molar-refractivity contribution in [1.82, 2.24) is 20.0 Å². The van der Waals surface area contributed by atoms with E-state index in [0.29, 0.717) is 22.4 Å². The predicted octanol–water partition coefficient (Wildman–Crippen LogP) is 4.28. The van der Waals surface area contributed by atoms with Gasteiger partial charge in [-0.3, -0.25) is 10.1 Å². The molecule has 0 aliphatic heterocycles. The highest BCUT2D eigenvalue weighted by Crippen LogP contribution is 2.26. The Balaban J connectivity index is 1.83. The summed E-state index contributed by atoms with van der Waals surface area (Å²) >= 11 is 7.69. The number of nitrogens with zero attached hydrogens (tertiary/aromatic N) is 4. The van der Waals surface area contributed by atoms with Crippen LogP contribution in [0.1, 0.15) is 34.9 Å². The molecule has 136 valence electrons. The molecule has 0 bridgehead atoms. The molecule has 0 radical (unpaired) electrons. The Labute approximate surface area is 159 Å². The molecule has 2 aromatic heterocycles. The molecule has 26 heavy (non-hydrogen) atoms. The van der Waals surface area contributed by atoms with Gasteiger partial charge in [-0.1, -0.05) is 36.8 Å². The van der Waals surface area contributed by atoms with Gasteiger partial charge in [0.25, 0.3) is 5.91 Å². The standard InChI is InChI=1S/C17H17ClFN5OS/c1-9(2)8-13-21-22-17(26-13)20-16(25)14-10(3)23-24(15(14)18)12-6-4-11(19)5-7-12/h4-7,9H,8H2,1-3H3,(H,20,22,25). The quantitative estimate of drug-likeness (QED) is 0.702. The first-order valence-corrected chi connectivity index (χ1v) is 9.19. The summed E-state index contributed by atoms with van der Waals surface area (Å²) in [6.45, 7) is 5.87. The smallest absolute Gasteiger partial charge is 0.262 e. The van der Waals surface area contributed by atoms with E-state index in [2.05, 4.69) is 34.5 Å². The third-order valence-electron chi connectivity index (χ3n) is 3.57. The van der Waals surface area contributed by atoms with Crippen LogP contribution in [0, 0.1) is 18.7 Å². The first kappa shape index (κ1) is 18.5. The van der Waals surface area contributed by atoms with Gasteiger partial charge in [-0.05, 0) is 37.1 Å². The number of carbonyl (C=O) groups is 1. The lowest BCUT2D eigenvalue weighted by atomic mass is 10.1. The molecule has 0 spiro atoms. The lowest BCUT2D eigenvalue weighted by Gasteiger charge is -2.03. The molecule has 1 aromatic carbocycles. The molecule has 0 saturated heterocycles. The summed E-state index contributed by atoms with van der Waals surface area (Å²) in [6.07, 6.45) is 0.801. The number of benzene rings is 1. The highest BCUT2D eigenvalue weighted by molar-refractivity contribution is 7.15. The van der Waals surface area contributed by atoms with Crippen molar-refractivity contribution in [3.8, 4) is 5.69 Å². The summed E-state index contributed by atoms with van der Waals surface area (Å²) in [5, 5.41) is 16.5. The van der Waals surface area contributed by atoms with Crippen LogP contribution in [0.4, 0.5) is 9.52 Å². The number of aromatic nitrogens is 4. The average Bonchev–Trinajstić information content (AvgIpc) is 3.11. The molecule has 3 aromatic rings. The van der Waals surface area contributed by atoms with Gasteiger partial charge in [0, 0.05) is 6.42 Å². The first-order chi connectivity index (χ1) is 12.3. The number of halogens is 2. The van der Waals surface area contributed by atoms with Crippen molar-refractivity contribution in [2.45, 2.75) is 27.2 Å². The fraction of sp³-hybridized carbons (Fsp3) is 0.294. The molecule has 0 fully saturated rings. The van der Waals surface area contributed by atoms with Gasteiger partial charge < -0.3 is 0 Å². The Morgan fingerprint density at radius 3 is 2.65 bits per heavy atom. The minimum atomic E-state index is -0.409. The number of aryl methyl sites for hydroxylation is 1. The van der Waals surface area contributed by atoms with Crippen LogP contribution in [0.15, 0.2) is 24.3 Å². The monoisotopic (exact) mass is 393 g/mol. The molecule has 0 aliphatic rings. The van der Waals surface area contributed by atoms with E-state index in [1.807, 2.05) is 0 Å². The van der Waals surface area contributed by atoms with Crippen LogP contribution in [0.25, 0.3) is 5.69 Å². The Morgan fingerprint density at radius 2 is 2.00 bits per heavy atom. The highest BCUT2D eigenvalue weighted by Gasteiger charge is 2.22. The zero-order chi connectivity index (χ0) is 18.8.